The summed E-state index contributed by atoms with van der Waals surface area (Å²) in [6.07, 6.45) is 0.0899. The van der Waals surface area contributed by atoms with Crippen molar-refractivity contribution >= 4 is 23.2 Å². The average Bonchev–Trinajstić information content (AvgIpc) is 3.23. The minimum absolute atomic E-state index is 0.0899. The Hall–Kier alpha value is -4.05. The summed E-state index contributed by atoms with van der Waals surface area (Å²) in [5.41, 5.74) is -0.873. The number of nitrogens with zero attached hydrogens (tertiary/aromatic N) is 3. The SMILES string of the molecule is COc1ccc([C@H]2CC(c3c(O)n(-c4cccc(Cl)c4)c(=O)[nH]c3=O)=NN2C(C)=O)c(OC)c1. The molecule has 176 valence electrons. The van der Waals surface area contributed by atoms with Crippen LogP contribution in [0, 0.1) is 0 Å². The second-order valence-corrected chi connectivity index (χ2v) is 7.95. The molecule has 0 radical (unpaired) electrons. The van der Waals surface area contributed by atoms with Gasteiger partial charge in [-0.15, -0.1) is 0 Å². The van der Waals surface area contributed by atoms with Gasteiger partial charge in [-0.05, 0) is 30.3 Å². The zero-order valence-corrected chi connectivity index (χ0v) is 19.3. The van der Waals surface area contributed by atoms with E-state index in [0.29, 0.717) is 22.1 Å². The van der Waals surface area contributed by atoms with Crippen LogP contribution in [-0.2, 0) is 4.79 Å². The molecule has 2 aromatic carbocycles. The summed E-state index contributed by atoms with van der Waals surface area (Å²) < 4.78 is 11.6. The van der Waals surface area contributed by atoms with Crippen molar-refractivity contribution in [3.63, 3.8) is 0 Å². The molecule has 1 aliphatic heterocycles. The summed E-state index contributed by atoms with van der Waals surface area (Å²) in [6.45, 7) is 1.34. The fourth-order valence-electron chi connectivity index (χ4n) is 3.93. The number of methoxy groups -OCH3 is 2. The van der Waals surface area contributed by atoms with Crippen molar-refractivity contribution < 1.29 is 19.4 Å². The minimum Gasteiger partial charge on any atom is -0.497 e. The highest BCUT2D eigenvalue weighted by molar-refractivity contribution is 6.30. The van der Waals surface area contributed by atoms with E-state index in [-0.39, 0.29) is 29.3 Å². The molecule has 11 heteroatoms. The van der Waals surface area contributed by atoms with E-state index >= 15 is 0 Å². The van der Waals surface area contributed by atoms with Gasteiger partial charge in [-0.2, -0.15) is 5.10 Å². The first-order chi connectivity index (χ1) is 16.2. The fourth-order valence-corrected chi connectivity index (χ4v) is 4.11. The van der Waals surface area contributed by atoms with Crippen molar-refractivity contribution in [2.75, 3.05) is 14.2 Å². The molecule has 0 saturated heterocycles. The maximum Gasteiger partial charge on any atom is 0.335 e. The molecule has 0 aliphatic carbocycles. The van der Waals surface area contributed by atoms with Gasteiger partial charge < -0.3 is 14.6 Å². The lowest BCUT2D eigenvalue weighted by molar-refractivity contribution is -0.130. The molecule has 2 N–H and O–H groups in total. The van der Waals surface area contributed by atoms with E-state index in [4.69, 9.17) is 21.1 Å². The van der Waals surface area contributed by atoms with Crippen molar-refractivity contribution in [1.82, 2.24) is 14.6 Å². The number of aromatic hydroxyl groups is 1. The van der Waals surface area contributed by atoms with Crippen LogP contribution < -0.4 is 20.7 Å². The quantitative estimate of drug-likeness (QED) is 0.573. The second-order valence-electron chi connectivity index (χ2n) is 7.51. The van der Waals surface area contributed by atoms with Crippen LogP contribution in [0.5, 0.6) is 17.4 Å². The molecule has 2 heterocycles. The number of carbonyl (C=O) groups is 1. The lowest BCUT2D eigenvalue weighted by Gasteiger charge is -2.22. The van der Waals surface area contributed by atoms with Crippen molar-refractivity contribution in [3.8, 4) is 23.1 Å². The number of aromatic nitrogens is 2. The van der Waals surface area contributed by atoms with E-state index in [1.54, 1.807) is 36.4 Å². The number of hydrogen-bond acceptors (Lipinski definition) is 7. The van der Waals surface area contributed by atoms with Gasteiger partial charge in [0.05, 0.1) is 31.7 Å². The number of hydrazone groups is 1. The largest absolute Gasteiger partial charge is 0.497 e. The van der Waals surface area contributed by atoms with Gasteiger partial charge in [0, 0.05) is 30.0 Å². The molecule has 1 aliphatic rings. The van der Waals surface area contributed by atoms with Gasteiger partial charge in [0.15, 0.2) is 0 Å². The molecule has 1 atom stereocenters. The van der Waals surface area contributed by atoms with Gasteiger partial charge in [0.2, 0.25) is 11.8 Å². The molecule has 0 unspecified atom stereocenters. The Morgan fingerprint density at radius 3 is 2.59 bits per heavy atom. The highest BCUT2D eigenvalue weighted by Gasteiger charge is 2.36. The van der Waals surface area contributed by atoms with Gasteiger partial charge in [0.25, 0.3) is 5.56 Å². The maximum atomic E-state index is 12.7. The lowest BCUT2D eigenvalue weighted by atomic mass is 9.98. The smallest absolute Gasteiger partial charge is 0.335 e. The third-order valence-electron chi connectivity index (χ3n) is 5.47. The van der Waals surface area contributed by atoms with Crippen LogP contribution in [0.3, 0.4) is 0 Å². The highest BCUT2D eigenvalue weighted by Crippen LogP contribution is 2.39. The van der Waals surface area contributed by atoms with Crippen molar-refractivity contribution in [2.45, 2.75) is 19.4 Å². The molecule has 0 spiro atoms. The van der Waals surface area contributed by atoms with Crippen LogP contribution in [-0.4, -0.2) is 45.5 Å². The van der Waals surface area contributed by atoms with Gasteiger partial charge in [-0.3, -0.25) is 14.6 Å². The molecule has 0 saturated carbocycles. The van der Waals surface area contributed by atoms with E-state index in [1.807, 2.05) is 0 Å². The highest BCUT2D eigenvalue weighted by atomic mass is 35.5. The lowest BCUT2D eigenvalue weighted by Crippen LogP contribution is -2.33. The Balaban J connectivity index is 1.84. The Morgan fingerprint density at radius 1 is 1.18 bits per heavy atom. The van der Waals surface area contributed by atoms with Crippen LogP contribution in [0.25, 0.3) is 5.69 Å². The third kappa shape index (κ3) is 4.03. The first kappa shape index (κ1) is 23.1. The average molecular weight is 485 g/mol. The predicted molar refractivity (Wildman–Crippen MR) is 125 cm³/mol. The van der Waals surface area contributed by atoms with Crippen LogP contribution in [0.2, 0.25) is 5.02 Å². The summed E-state index contributed by atoms with van der Waals surface area (Å²) in [4.78, 5) is 39.9. The molecule has 1 amide bonds. The summed E-state index contributed by atoms with van der Waals surface area (Å²) in [5, 5.41) is 16.9. The molecule has 3 aromatic rings. The third-order valence-corrected chi connectivity index (χ3v) is 5.71. The van der Waals surface area contributed by atoms with Crippen LogP contribution in [0.4, 0.5) is 0 Å². The number of amides is 1. The molecule has 34 heavy (non-hydrogen) atoms. The molecule has 1 aromatic heterocycles. The van der Waals surface area contributed by atoms with Gasteiger partial charge >= 0.3 is 5.69 Å². The summed E-state index contributed by atoms with van der Waals surface area (Å²) >= 11 is 6.03. The summed E-state index contributed by atoms with van der Waals surface area (Å²) in [5.74, 6) is 0.0449. The van der Waals surface area contributed by atoms with E-state index in [1.165, 1.54) is 32.2 Å². The van der Waals surface area contributed by atoms with Gasteiger partial charge in [-0.1, -0.05) is 17.7 Å². The van der Waals surface area contributed by atoms with Crippen molar-refractivity contribution in [2.24, 2.45) is 5.10 Å². The Kier molecular flexibility index (Phi) is 6.16. The van der Waals surface area contributed by atoms with E-state index < -0.39 is 23.2 Å². The Morgan fingerprint density at radius 2 is 1.94 bits per heavy atom. The molecule has 0 fully saturated rings. The zero-order valence-electron chi connectivity index (χ0n) is 18.5. The molecule has 4 rings (SSSR count). The number of nitrogens with one attached hydrogen (secondary N) is 1. The van der Waals surface area contributed by atoms with Crippen LogP contribution in [0.1, 0.15) is 30.5 Å². The Labute approximate surface area is 198 Å². The van der Waals surface area contributed by atoms with Crippen LogP contribution in [0.15, 0.2) is 57.2 Å². The number of rotatable bonds is 5. The Bertz CT molecular complexity index is 1430. The monoisotopic (exact) mass is 484 g/mol. The normalized spacial score (nSPS) is 15.2. The maximum absolute atomic E-state index is 12.7. The molecule has 10 nitrogen and oxygen atoms in total. The first-order valence-corrected chi connectivity index (χ1v) is 10.6. The zero-order chi connectivity index (χ0) is 24.6. The van der Waals surface area contributed by atoms with E-state index in [0.717, 1.165) is 4.57 Å². The first-order valence-electron chi connectivity index (χ1n) is 10.2. The predicted octanol–water partition coefficient (Wildman–Crippen LogP) is 2.60. The number of H-pyrrole nitrogens is 1. The van der Waals surface area contributed by atoms with Crippen molar-refractivity contribution in [3.05, 3.63) is 79.5 Å². The molecular formula is C23H21ClN4O6. The molecule has 0 bridgehead atoms. The van der Waals surface area contributed by atoms with Gasteiger partial charge in [0.1, 0.15) is 17.1 Å². The number of benzene rings is 2. The van der Waals surface area contributed by atoms with Crippen molar-refractivity contribution in [1.29, 1.82) is 0 Å². The number of hydrogen-bond donors (Lipinski definition) is 2. The number of halogens is 1. The minimum atomic E-state index is -0.844. The number of ether oxygens (including phenoxy) is 2. The molecular weight excluding hydrogens is 464 g/mol. The number of carbonyl (C=O) groups excluding carboxylic acids is 1. The fraction of sp³-hybridized carbons (Fsp3) is 0.217. The summed E-state index contributed by atoms with van der Waals surface area (Å²) in [7, 11) is 3.02. The summed E-state index contributed by atoms with van der Waals surface area (Å²) in [6, 6.07) is 10.8. The second kappa shape index (κ2) is 9.06. The standard InChI is InChI=1S/C23H21ClN4O6/c1-12(29)28-18(16-8-7-15(33-2)10-19(16)34-3)11-17(26-28)20-21(30)25-23(32)27(22(20)31)14-6-4-5-13(24)9-14/h4-10,18,31H,11H2,1-3H3,(H,25,30,32)/t18-/m1/s1. The van der Waals surface area contributed by atoms with E-state index in [2.05, 4.69) is 10.1 Å². The van der Waals surface area contributed by atoms with E-state index in [9.17, 15) is 19.5 Å². The van der Waals surface area contributed by atoms with Crippen LogP contribution >= 0.6 is 11.6 Å². The topological polar surface area (TPSA) is 126 Å². The van der Waals surface area contributed by atoms with Gasteiger partial charge in [-0.25, -0.2) is 14.4 Å². The number of aromatic amines is 1.